The molecular weight excluding hydrogens is 246 g/mol. The van der Waals surface area contributed by atoms with E-state index in [0.717, 1.165) is 24.3 Å². The summed E-state index contributed by atoms with van der Waals surface area (Å²) >= 11 is 1.91. The van der Waals surface area contributed by atoms with Crippen LogP contribution >= 0.6 is 11.8 Å². The van der Waals surface area contributed by atoms with Gasteiger partial charge >= 0.3 is 0 Å². The molecule has 1 heterocycles. The van der Waals surface area contributed by atoms with Crippen LogP contribution in [-0.4, -0.2) is 30.6 Å². The van der Waals surface area contributed by atoms with Gasteiger partial charge in [0, 0.05) is 18.2 Å². The Balaban J connectivity index is 1.74. The molecular formula is C14H19NO2S. The van der Waals surface area contributed by atoms with Crippen LogP contribution in [0.2, 0.25) is 0 Å². The molecule has 4 heteroatoms. The molecule has 1 aliphatic rings. The van der Waals surface area contributed by atoms with Crippen LogP contribution in [0.15, 0.2) is 24.3 Å². The minimum atomic E-state index is 0.165. The van der Waals surface area contributed by atoms with E-state index in [4.69, 9.17) is 4.74 Å². The number of carbonyl (C=O) groups is 1. The van der Waals surface area contributed by atoms with Gasteiger partial charge in [0.1, 0.15) is 5.75 Å². The number of thioether (sulfide) groups is 1. The number of hydrogen-bond acceptors (Lipinski definition) is 3. The van der Waals surface area contributed by atoms with Gasteiger partial charge in [-0.25, -0.2) is 0 Å². The molecule has 0 radical (unpaired) electrons. The van der Waals surface area contributed by atoms with Gasteiger partial charge in [-0.1, -0.05) is 12.1 Å². The predicted molar refractivity (Wildman–Crippen MR) is 75.2 cm³/mol. The second-order valence-corrected chi connectivity index (χ2v) is 5.63. The molecule has 0 spiro atoms. The molecule has 18 heavy (non-hydrogen) atoms. The van der Waals surface area contributed by atoms with E-state index < -0.39 is 0 Å². The zero-order valence-corrected chi connectivity index (χ0v) is 11.5. The first kappa shape index (κ1) is 13.3. The summed E-state index contributed by atoms with van der Waals surface area (Å²) in [6.07, 6.45) is 2.46. The van der Waals surface area contributed by atoms with Crippen molar-refractivity contribution in [2.75, 3.05) is 18.6 Å². The minimum Gasteiger partial charge on any atom is -0.497 e. The third-order valence-corrected chi connectivity index (χ3v) is 4.26. The summed E-state index contributed by atoms with van der Waals surface area (Å²) in [7, 11) is 1.65. The van der Waals surface area contributed by atoms with Crippen molar-refractivity contribution >= 4 is 17.7 Å². The second-order valence-electron chi connectivity index (χ2n) is 4.48. The van der Waals surface area contributed by atoms with E-state index in [1.165, 1.54) is 11.3 Å². The molecule has 1 saturated heterocycles. The molecule has 98 valence electrons. The number of nitrogens with one attached hydrogen (secondary N) is 1. The first-order valence-corrected chi connectivity index (χ1v) is 7.43. The average molecular weight is 265 g/mol. The molecule has 1 fully saturated rings. The summed E-state index contributed by atoms with van der Waals surface area (Å²) in [4.78, 5) is 11.8. The fourth-order valence-corrected chi connectivity index (χ4v) is 3.15. The van der Waals surface area contributed by atoms with E-state index in [1.807, 2.05) is 36.0 Å². The Kier molecular flexibility index (Phi) is 4.93. The minimum absolute atomic E-state index is 0.165. The number of aryl methyl sites for hydroxylation is 1. The van der Waals surface area contributed by atoms with Gasteiger partial charge in [0.05, 0.1) is 7.11 Å². The van der Waals surface area contributed by atoms with Crippen molar-refractivity contribution in [3.63, 3.8) is 0 Å². The highest BCUT2D eigenvalue weighted by molar-refractivity contribution is 7.99. The number of hydrogen-bond donors (Lipinski definition) is 1. The Hall–Kier alpha value is -1.16. The molecule has 1 aliphatic heterocycles. The summed E-state index contributed by atoms with van der Waals surface area (Å²) in [5.74, 6) is 3.25. The van der Waals surface area contributed by atoms with Crippen LogP contribution < -0.4 is 10.1 Å². The third kappa shape index (κ3) is 3.95. The highest BCUT2D eigenvalue weighted by Crippen LogP contribution is 2.17. The lowest BCUT2D eigenvalue weighted by Gasteiger charge is -2.11. The lowest BCUT2D eigenvalue weighted by atomic mass is 10.1. The lowest BCUT2D eigenvalue weighted by molar-refractivity contribution is -0.121. The molecule has 2 rings (SSSR count). The van der Waals surface area contributed by atoms with E-state index in [2.05, 4.69) is 5.32 Å². The van der Waals surface area contributed by atoms with E-state index >= 15 is 0 Å². The highest BCUT2D eigenvalue weighted by Gasteiger charge is 2.17. The van der Waals surface area contributed by atoms with Crippen molar-refractivity contribution in [2.45, 2.75) is 25.3 Å². The Morgan fingerprint density at radius 2 is 2.22 bits per heavy atom. The van der Waals surface area contributed by atoms with Crippen LogP contribution in [-0.2, 0) is 11.2 Å². The van der Waals surface area contributed by atoms with E-state index in [-0.39, 0.29) is 5.91 Å². The van der Waals surface area contributed by atoms with Gasteiger partial charge in [-0.05, 0) is 36.3 Å². The zero-order chi connectivity index (χ0) is 12.8. The van der Waals surface area contributed by atoms with E-state index in [1.54, 1.807) is 7.11 Å². The molecule has 0 aromatic heterocycles. The Morgan fingerprint density at radius 1 is 1.44 bits per heavy atom. The van der Waals surface area contributed by atoms with Crippen LogP contribution in [0.1, 0.15) is 18.4 Å². The first-order chi connectivity index (χ1) is 8.78. The Bertz CT molecular complexity index is 385. The van der Waals surface area contributed by atoms with Gasteiger partial charge in [0.25, 0.3) is 0 Å². The Labute approximate surface area is 112 Å². The van der Waals surface area contributed by atoms with Gasteiger partial charge in [0.2, 0.25) is 5.91 Å². The molecule has 0 saturated carbocycles. The number of amides is 1. The number of benzene rings is 1. The summed E-state index contributed by atoms with van der Waals surface area (Å²) < 4.78 is 5.10. The van der Waals surface area contributed by atoms with Crippen molar-refractivity contribution < 1.29 is 9.53 Å². The largest absolute Gasteiger partial charge is 0.497 e. The van der Waals surface area contributed by atoms with Crippen molar-refractivity contribution in [2.24, 2.45) is 0 Å². The van der Waals surface area contributed by atoms with Gasteiger partial charge in [-0.15, -0.1) is 0 Å². The zero-order valence-electron chi connectivity index (χ0n) is 10.6. The third-order valence-electron chi connectivity index (χ3n) is 3.09. The lowest BCUT2D eigenvalue weighted by Crippen LogP contribution is -2.34. The molecule has 1 aromatic rings. The van der Waals surface area contributed by atoms with E-state index in [9.17, 15) is 4.79 Å². The monoisotopic (exact) mass is 265 g/mol. The number of rotatable bonds is 5. The average Bonchev–Trinajstić information content (AvgIpc) is 2.90. The molecule has 0 bridgehead atoms. The molecule has 1 atom stereocenters. The first-order valence-electron chi connectivity index (χ1n) is 6.28. The fourth-order valence-electron chi connectivity index (χ4n) is 2.00. The van der Waals surface area contributed by atoms with E-state index in [0.29, 0.717) is 12.5 Å². The normalized spacial score (nSPS) is 18.6. The van der Waals surface area contributed by atoms with Gasteiger partial charge < -0.3 is 10.1 Å². The van der Waals surface area contributed by atoms with Crippen LogP contribution in [0.3, 0.4) is 0 Å². The van der Waals surface area contributed by atoms with Gasteiger partial charge in [-0.3, -0.25) is 4.79 Å². The number of ether oxygens (including phenoxy) is 1. The quantitative estimate of drug-likeness (QED) is 0.887. The van der Waals surface area contributed by atoms with Crippen LogP contribution in [0.4, 0.5) is 0 Å². The standard InChI is InChI=1S/C14H19NO2S/c1-17-13-5-2-11(3-6-13)4-7-14(16)15-12-8-9-18-10-12/h2-3,5-6,12H,4,7-10H2,1H3,(H,15,16)/t12-/m1/s1. The SMILES string of the molecule is COc1ccc(CCC(=O)N[C@@H]2CCSC2)cc1. The van der Waals surface area contributed by atoms with Crippen molar-refractivity contribution in [3.8, 4) is 5.75 Å². The number of carbonyl (C=O) groups excluding carboxylic acids is 1. The molecule has 3 nitrogen and oxygen atoms in total. The fraction of sp³-hybridized carbons (Fsp3) is 0.500. The smallest absolute Gasteiger partial charge is 0.220 e. The maximum Gasteiger partial charge on any atom is 0.220 e. The van der Waals surface area contributed by atoms with Crippen molar-refractivity contribution in [1.82, 2.24) is 5.32 Å². The summed E-state index contributed by atoms with van der Waals surface area (Å²) in [6.45, 7) is 0. The molecule has 1 amide bonds. The topological polar surface area (TPSA) is 38.3 Å². The van der Waals surface area contributed by atoms with Crippen LogP contribution in [0, 0.1) is 0 Å². The summed E-state index contributed by atoms with van der Waals surface area (Å²) in [5.41, 5.74) is 1.17. The molecule has 0 aliphatic carbocycles. The second kappa shape index (κ2) is 6.69. The predicted octanol–water partition coefficient (Wildman–Crippen LogP) is 2.25. The molecule has 1 N–H and O–H groups in total. The Morgan fingerprint density at radius 3 is 2.83 bits per heavy atom. The van der Waals surface area contributed by atoms with Gasteiger partial charge in [0.15, 0.2) is 0 Å². The summed E-state index contributed by atoms with van der Waals surface area (Å²) in [6, 6.07) is 8.27. The highest BCUT2D eigenvalue weighted by atomic mass is 32.2. The van der Waals surface area contributed by atoms with Crippen LogP contribution in [0.25, 0.3) is 0 Å². The number of methoxy groups -OCH3 is 1. The maximum atomic E-state index is 11.8. The molecule has 0 unspecified atom stereocenters. The maximum absolute atomic E-state index is 11.8. The summed E-state index contributed by atoms with van der Waals surface area (Å²) in [5, 5.41) is 3.09. The molecule has 1 aromatic carbocycles. The van der Waals surface area contributed by atoms with Gasteiger partial charge in [-0.2, -0.15) is 11.8 Å². The van der Waals surface area contributed by atoms with Crippen molar-refractivity contribution in [3.05, 3.63) is 29.8 Å². The van der Waals surface area contributed by atoms with Crippen molar-refractivity contribution in [1.29, 1.82) is 0 Å². The van der Waals surface area contributed by atoms with Crippen LogP contribution in [0.5, 0.6) is 5.75 Å².